The number of carbonyl (C=O) groups excluding carboxylic acids is 2. The van der Waals surface area contributed by atoms with E-state index in [1.165, 1.54) is 0 Å². The van der Waals surface area contributed by atoms with Gasteiger partial charge in [0.25, 0.3) is 0 Å². The second kappa shape index (κ2) is 4.72. The van der Waals surface area contributed by atoms with Crippen LogP contribution in [0.2, 0.25) is 0 Å². The van der Waals surface area contributed by atoms with Gasteiger partial charge in [0, 0.05) is 6.61 Å². The number of rotatable bonds is 3. The van der Waals surface area contributed by atoms with E-state index in [1.54, 1.807) is 0 Å². The van der Waals surface area contributed by atoms with Crippen LogP contribution in [0.5, 0.6) is 0 Å². The van der Waals surface area contributed by atoms with Crippen molar-refractivity contribution in [2.75, 3.05) is 6.61 Å². The monoisotopic (exact) mass is 280 g/mol. The van der Waals surface area contributed by atoms with Gasteiger partial charge in [-0.3, -0.25) is 9.59 Å². The van der Waals surface area contributed by atoms with E-state index in [-0.39, 0.29) is 30.0 Å². The van der Waals surface area contributed by atoms with E-state index in [9.17, 15) is 9.59 Å². The van der Waals surface area contributed by atoms with Gasteiger partial charge in [-0.1, -0.05) is 6.92 Å². The minimum absolute atomic E-state index is 0.000556. The first-order chi connectivity index (χ1) is 9.49. The molecule has 2 heterocycles. The largest absolute Gasteiger partial charge is 0.376 e. The Morgan fingerprint density at radius 2 is 2.05 bits per heavy atom. The Labute approximate surface area is 120 Å². The lowest BCUT2D eigenvalue weighted by molar-refractivity contribution is -0.159. The lowest BCUT2D eigenvalue weighted by Crippen LogP contribution is -2.72. The highest BCUT2D eigenvalue weighted by Gasteiger charge is 2.57. The number of hydrogen-bond acceptors (Lipinski definition) is 3. The summed E-state index contributed by atoms with van der Waals surface area (Å²) in [5.41, 5.74) is -0.703. The zero-order valence-electron chi connectivity index (χ0n) is 12.5. The SMILES string of the molecule is CCC1C(=O)NC(C)(C2CC2)C(=O)N1C1CCOC1C. The Kier molecular flexibility index (Phi) is 3.27. The van der Waals surface area contributed by atoms with Crippen molar-refractivity contribution in [2.45, 2.75) is 70.2 Å². The molecule has 20 heavy (non-hydrogen) atoms. The molecule has 3 aliphatic rings. The number of hydrogen-bond donors (Lipinski definition) is 1. The maximum Gasteiger partial charge on any atom is 0.249 e. The van der Waals surface area contributed by atoms with Crippen LogP contribution in [0.3, 0.4) is 0 Å². The Balaban J connectivity index is 1.93. The fourth-order valence-electron chi connectivity index (χ4n) is 3.72. The number of ether oxygens (including phenoxy) is 1. The van der Waals surface area contributed by atoms with E-state index in [0.717, 1.165) is 19.3 Å². The summed E-state index contributed by atoms with van der Waals surface area (Å²) in [6.45, 7) is 6.53. The molecule has 0 radical (unpaired) electrons. The van der Waals surface area contributed by atoms with Crippen LogP contribution in [0, 0.1) is 5.92 Å². The second-order valence-corrected chi connectivity index (χ2v) is 6.53. The zero-order chi connectivity index (χ0) is 14.5. The minimum atomic E-state index is -0.703. The quantitative estimate of drug-likeness (QED) is 0.841. The lowest BCUT2D eigenvalue weighted by atomic mass is 9.87. The fraction of sp³-hybridized carbons (Fsp3) is 0.867. The summed E-state index contributed by atoms with van der Waals surface area (Å²) >= 11 is 0. The van der Waals surface area contributed by atoms with Gasteiger partial charge in [-0.15, -0.1) is 0 Å². The first kappa shape index (κ1) is 13.9. The van der Waals surface area contributed by atoms with Gasteiger partial charge >= 0.3 is 0 Å². The molecule has 1 N–H and O–H groups in total. The molecule has 0 aromatic rings. The number of amides is 2. The van der Waals surface area contributed by atoms with Crippen molar-refractivity contribution in [3.8, 4) is 0 Å². The van der Waals surface area contributed by atoms with Gasteiger partial charge in [-0.2, -0.15) is 0 Å². The van der Waals surface area contributed by atoms with Crippen LogP contribution in [-0.2, 0) is 14.3 Å². The van der Waals surface area contributed by atoms with Gasteiger partial charge < -0.3 is 15.0 Å². The number of nitrogens with one attached hydrogen (secondary N) is 1. The Bertz CT molecular complexity index is 435. The van der Waals surface area contributed by atoms with E-state index in [2.05, 4.69) is 5.32 Å². The molecule has 0 aromatic carbocycles. The maximum atomic E-state index is 13.0. The average Bonchev–Trinajstić information content (AvgIpc) is 3.18. The van der Waals surface area contributed by atoms with Crippen LogP contribution in [0.25, 0.3) is 0 Å². The molecule has 3 fully saturated rings. The number of nitrogens with zero attached hydrogens (tertiary/aromatic N) is 1. The predicted molar refractivity (Wildman–Crippen MR) is 74.0 cm³/mol. The average molecular weight is 280 g/mol. The summed E-state index contributed by atoms with van der Waals surface area (Å²) in [4.78, 5) is 27.3. The van der Waals surface area contributed by atoms with Gasteiger partial charge in [0.05, 0.1) is 12.1 Å². The highest BCUT2D eigenvalue weighted by molar-refractivity contribution is 6.00. The molecular weight excluding hydrogens is 256 g/mol. The minimum Gasteiger partial charge on any atom is -0.376 e. The highest BCUT2D eigenvalue weighted by atomic mass is 16.5. The molecule has 0 aromatic heterocycles. The molecule has 0 bridgehead atoms. The maximum absolute atomic E-state index is 13.0. The molecule has 3 rings (SSSR count). The fourth-order valence-corrected chi connectivity index (χ4v) is 3.72. The van der Waals surface area contributed by atoms with Crippen LogP contribution in [0.1, 0.15) is 46.5 Å². The van der Waals surface area contributed by atoms with Crippen LogP contribution in [0.4, 0.5) is 0 Å². The van der Waals surface area contributed by atoms with Crippen molar-refractivity contribution in [1.29, 1.82) is 0 Å². The van der Waals surface area contributed by atoms with Crippen LogP contribution < -0.4 is 5.32 Å². The van der Waals surface area contributed by atoms with Crippen molar-refractivity contribution in [3.05, 3.63) is 0 Å². The van der Waals surface area contributed by atoms with E-state index in [1.807, 2.05) is 25.7 Å². The molecule has 1 aliphatic carbocycles. The van der Waals surface area contributed by atoms with Crippen molar-refractivity contribution in [3.63, 3.8) is 0 Å². The topological polar surface area (TPSA) is 58.6 Å². The molecule has 4 atom stereocenters. The molecule has 4 unspecified atom stereocenters. The molecule has 5 nitrogen and oxygen atoms in total. The van der Waals surface area contributed by atoms with Gasteiger partial charge in [0.2, 0.25) is 11.8 Å². The molecule has 2 aliphatic heterocycles. The van der Waals surface area contributed by atoms with Crippen molar-refractivity contribution >= 4 is 11.8 Å². The Morgan fingerprint density at radius 1 is 1.35 bits per heavy atom. The van der Waals surface area contributed by atoms with Crippen molar-refractivity contribution in [2.24, 2.45) is 5.92 Å². The van der Waals surface area contributed by atoms with Gasteiger partial charge in [0.15, 0.2) is 0 Å². The van der Waals surface area contributed by atoms with Crippen LogP contribution in [0.15, 0.2) is 0 Å². The summed E-state index contributed by atoms with van der Waals surface area (Å²) in [5, 5.41) is 3.00. The standard InChI is InChI=1S/C15H24N2O3/c1-4-11-13(18)16-15(3,10-5-6-10)14(19)17(11)12-7-8-20-9(12)2/h9-12H,4-8H2,1-3H3,(H,16,18). The first-order valence-corrected chi connectivity index (χ1v) is 7.75. The molecule has 2 saturated heterocycles. The van der Waals surface area contributed by atoms with Crippen molar-refractivity contribution in [1.82, 2.24) is 10.2 Å². The van der Waals surface area contributed by atoms with E-state index < -0.39 is 5.54 Å². The molecular formula is C15H24N2O3. The van der Waals surface area contributed by atoms with Gasteiger partial charge in [0.1, 0.15) is 11.6 Å². The zero-order valence-corrected chi connectivity index (χ0v) is 12.5. The summed E-state index contributed by atoms with van der Waals surface area (Å²) in [5.74, 6) is 0.395. The second-order valence-electron chi connectivity index (χ2n) is 6.53. The molecule has 112 valence electrons. The Morgan fingerprint density at radius 3 is 2.55 bits per heavy atom. The van der Waals surface area contributed by atoms with Gasteiger partial charge in [-0.05, 0) is 45.4 Å². The van der Waals surface area contributed by atoms with Gasteiger partial charge in [-0.25, -0.2) is 0 Å². The van der Waals surface area contributed by atoms with Crippen LogP contribution >= 0.6 is 0 Å². The number of piperazine rings is 1. The smallest absolute Gasteiger partial charge is 0.249 e. The third-order valence-electron chi connectivity index (χ3n) is 5.17. The predicted octanol–water partition coefficient (Wildman–Crippen LogP) is 1.07. The van der Waals surface area contributed by atoms with E-state index in [0.29, 0.717) is 18.9 Å². The summed E-state index contributed by atoms with van der Waals surface area (Å²) in [6.07, 6.45) is 3.56. The highest BCUT2D eigenvalue weighted by Crippen LogP contribution is 2.43. The number of carbonyl (C=O) groups is 2. The molecule has 2 amide bonds. The van der Waals surface area contributed by atoms with E-state index in [4.69, 9.17) is 4.74 Å². The molecule has 5 heteroatoms. The summed E-state index contributed by atoms with van der Waals surface area (Å²) in [7, 11) is 0. The Hall–Kier alpha value is -1.10. The van der Waals surface area contributed by atoms with Crippen LogP contribution in [-0.4, -0.2) is 47.0 Å². The summed E-state index contributed by atoms with van der Waals surface area (Å²) < 4.78 is 5.61. The first-order valence-electron chi connectivity index (χ1n) is 7.75. The molecule has 1 saturated carbocycles. The lowest BCUT2D eigenvalue weighted by Gasteiger charge is -2.47. The van der Waals surface area contributed by atoms with Crippen molar-refractivity contribution < 1.29 is 14.3 Å². The third kappa shape index (κ3) is 1.94. The molecule has 0 spiro atoms. The normalized spacial score (nSPS) is 42.0. The third-order valence-corrected chi connectivity index (χ3v) is 5.17. The van der Waals surface area contributed by atoms with E-state index >= 15 is 0 Å². The summed E-state index contributed by atoms with van der Waals surface area (Å²) in [6, 6.07) is -0.306.